The molecule has 0 radical (unpaired) electrons. The molecule has 0 atom stereocenters. The fraction of sp³-hybridized carbons (Fsp3) is 0.0435. The Bertz CT molecular complexity index is 1340. The fourth-order valence-electron chi connectivity index (χ4n) is 3.16. The highest BCUT2D eigenvalue weighted by Gasteiger charge is 2.14. The molecule has 0 aliphatic carbocycles. The third-order valence-corrected chi connectivity index (χ3v) is 4.81. The molecule has 3 aromatic carbocycles. The molecule has 0 unspecified atom stereocenters. The van der Waals surface area contributed by atoms with Crippen molar-refractivity contribution in [3.05, 3.63) is 92.9 Å². The van der Waals surface area contributed by atoms with E-state index in [9.17, 15) is 9.18 Å². The lowest BCUT2D eigenvalue weighted by Crippen LogP contribution is -2.06. The fourth-order valence-corrected chi connectivity index (χ4v) is 3.28. The van der Waals surface area contributed by atoms with E-state index in [4.69, 9.17) is 21.6 Å². The predicted molar refractivity (Wildman–Crippen MR) is 111 cm³/mol. The second-order valence-electron chi connectivity index (χ2n) is 6.57. The maximum absolute atomic E-state index is 14.3. The van der Waals surface area contributed by atoms with E-state index in [1.807, 2.05) is 6.92 Å². The zero-order chi connectivity index (χ0) is 20.5. The first kappa shape index (κ1) is 18.7. The van der Waals surface area contributed by atoms with Crippen LogP contribution >= 0.6 is 11.6 Å². The number of hydrogen-bond donors (Lipinski definition) is 1. The molecule has 0 aliphatic rings. The van der Waals surface area contributed by atoms with Crippen LogP contribution in [0.5, 0.6) is 11.5 Å². The van der Waals surface area contributed by atoms with Gasteiger partial charge in [-0.25, -0.2) is 4.39 Å². The number of ether oxygens (including phenoxy) is 1. The lowest BCUT2D eigenvalue weighted by molar-refractivity contribution is 0.482. The van der Waals surface area contributed by atoms with Crippen LogP contribution in [0.3, 0.4) is 0 Å². The molecule has 1 aromatic heterocycles. The number of aromatic nitrogens is 1. The number of aromatic amines is 1. The number of pyridine rings is 1. The highest BCUT2D eigenvalue weighted by molar-refractivity contribution is 6.30. The Balaban J connectivity index is 1.88. The smallest absolute Gasteiger partial charge is 0.193 e. The molecule has 4 rings (SSSR count). The quantitative estimate of drug-likeness (QED) is 0.458. The summed E-state index contributed by atoms with van der Waals surface area (Å²) in [4.78, 5) is 16.0. The molecule has 6 heteroatoms. The first-order chi connectivity index (χ1) is 13.9. The van der Waals surface area contributed by atoms with Crippen LogP contribution in [0, 0.1) is 24.1 Å². The second-order valence-corrected chi connectivity index (χ2v) is 7.01. The molecule has 0 amide bonds. The minimum atomic E-state index is -0.545. The van der Waals surface area contributed by atoms with Gasteiger partial charge in [0.25, 0.3) is 0 Å². The number of nitrogens with one attached hydrogen (secondary N) is 1. The average molecular weight is 405 g/mol. The Morgan fingerprint density at radius 1 is 1.07 bits per heavy atom. The summed E-state index contributed by atoms with van der Waals surface area (Å²) in [5.41, 5.74) is 2.54. The third-order valence-electron chi connectivity index (χ3n) is 4.56. The van der Waals surface area contributed by atoms with E-state index in [1.165, 1.54) is 18.2 Å². The van der Waals surface area contributed by atoms with Gasteiger partial charge < -0.3 is 9.72 Å². The van der Waals surface area contributed by atoms with Crippen LogP contribution in [0.4, 0.5) is 4.39 Å². The predicted octanol–water partition coefficient (Wildman–Crippen LogP) is 5.96. The number of H-pyrrole nitrogens is 1. The number of benzene rings is 3. The van der Waals surface area contributed by atoms with E-state index in [1.54, 1.807) is 42.5 Å². The molecule has 0 spiro atoms. The van der Waals surface area contributed by atoms with Crippen LogP contribution in [0.2, 0.25) is 5.02 Å². The lowest BCUT2D eigenvalue weighted by atomic mass is 10.0. The maximum Gasteiger partial charge on any atom is 0.193 e. The first-order valence-corrected chi connectivity index (χ1v) is 9.13. The number of rotatable bonds is 3. The molecule has 142 valence electrons. The molecule has 0 aliphatic heterocycles. The van der Waals surface area contributed by atoms with Crippen molar-refractivity contribution < 1.29 is 9.13 Å². The van der Waals surface area contributed by atoms with Gasteiger partial charge in [-0.2, -0.15) is 5.26 Å². The van der Waals surface area contributed by atoms with Crippen molar-refractivity contribution in [2.24, 2.45) is 0 Å². The summed E-state index contributed by atoms with van der Waals surface area (Å²) in [7, 11) is 0. The summed E-state index contributed by atoms with van der Waals surface area (Å²) in [6, 6.07) is 17.7. The number of fused-ring (bicyclic) bond motifs is 1. The number of hydrogen-bond acceptors (Lipinski definition) is 3. The minimum absolute atomic E-state index is 0.109. The normalized spacial score (nSPS) is 10.7. The second kappa shape index (κ2) is 7.42. The molecule has 0 fully saturated rings. The van der Waals surface area contributed by atoms with Crippen LogP contribution in [0.1, 0.15) is 11.1 Å². The van der Waals surface area contributed by atoms with Crippen LogP contribution in [0.25, 0.3) is 22.2 Å². The van der Waals surface area contributed by atoms with Gasteiger partial charge in [0, 0.05) is 22.7 Å². The highest BCUT2D eigenvalue weighted by Crippen LogP contribution is 2.31. The SMILES string of the molecule is Cc1ccc(C#N)cc1-c1cc(=O)c2c(Oc3ccc(Cl)cc3)cc(F)cc2[nH]1. The van der Waals surface area contributed by atoms with Gasteiger partial charge >= 0.3 is 0 Å². The number of nitrogens with zero attached hydrogens (tertiary/aromatic N) is 1. The van der Waals surface area contributed by atoms with Crippen molar-refractivity contribution in [2.75, 3.05) is 0 Å². The average Bonchev–Trinajstić information content (AvgIpc) is 2.69. The van der Waals surface area contributed by atoms with Crippen molar-refractivity contribution in [1.29, 1.82) is 5.26 Å². The molecule has 0 saturated carbocycles. The molecule has 0 bridgehead atoms. The van der Waals surface area contributed by atoms with Crippen molar-refractivity contribution >= 4 is 22.5 Å². The van der Waals surface area contributed by atoms with Gasteiger partial charge in [-0.15, -0.1) is 0 Å². The molecule has 4 nitrogen and oxygen atoms in total. The van der Waals surface area contributed by atoms with Gasteiger partial charge in [0.1, 0.15) is 17.3 Å². The summed E-state index contributed by atoms with van der Waals surface area (Å²) in [6.07, 6.45) is 0. The van der Waals surface area contributed by atoms with Gasteiger partial charge in [0.2, 0.25) is 0 Å². The molecule has 1 heterocycles. The van der Waals surface area contributed by atoms with Gasteiger partial charge in [-0.3, -0.25) is 4.79 Å². The minimum Gasteiger partial charge on any atom is -0.456 e. The largest absolute Gasteiger partial charge is 0.456 e. The van der Waals surface area contributed by atoms with E-state index in [2.05, 4.69) is 11.1 Å². The molecular formula is C23H14ClFN2O2. The molecule has 1 N–H and O–H groups in total. The van der Waals surface area contributed by atoms with Crippen molar-refractivity contribution in [3.8, 4) is 28.8 Å². The van der Waals surface area contributed by atoms with Crippen LogP contribution in [-0.4, -0.2) is 4.98 Å². The van der Waals surface area contributed by atoms with Crippen molar-refractivity contribution in [1.82, 2.24) is 4.98 Å². The van der Waals surface area contributed by atoms with Crippen LogP contribution in [0.15, 0.2) is 65.5 Å². The monoisotopic (exact) mass is 404 g/mol. The Morgan fingerprint density at radius 3 is 2.55 bits per heavy atom. The van der Waals surface area contributed by atoms with Crippen LogP contribution < -0.4 is 10.2 Å². The van der Waals surface area contributed by atoms with Gasteiger partial charge in [0.15, 0.2) is 5.43 Å². The van der Waals surface area contributed by atoms with E-state index in [0.717, 1.165) is 5.56 Å². The third kappa shape index (κ3) is 3.71. The summed E-state index contributed by atoms with van der Waals surface area (Å²) in [5, 5.41) is 9.94. The lowest BCUT2D eigenvalue weighted by Gasteiger charge is -2.12. The Kier molecular flexibility index (Phi) is 4.79. The standard InChI is InChI=1S/C23H14ClFN2O2/c1-13-2-3-14(12-26)8-18(13)19-11-21(28)23-20(27-19)9-16(25)10-22(23)29-17-6-4-15(24)5-7-17/h2-11H,1H3,(H,27,28). The maximum atomic E-state index is 14.3. The van der Waals surface area contributed by atoms with E-state index < -0.39 is 5.82 Å². The number of nitriles is 1. The van der Waals surface area contributed by atoms with Gasteiger partial charge in [-0.05, 0) is 55.0 Å². The number of halogens is 2. The molecular weight excluding hydrogens is 391 g/mol. The molecule has 4 aromatic rings. The van der Waals surface area contributed by atoms with E-state index in [0.29, 0.717) is 33.1 Å². The zero-order valence-electron chi connectivity index (χ0n) is 15.3. The highest BCUT2D eigenvalue weighted by atomic mass is 35.5. The summed E-state index contributed by atoms with van der Waals surface area (Å²) in [6.45, 7) is 1.87. The van der Waals surface area contributed by atoms with Crippen LogP contribution in [-0.2, 0) is 0 Å². The summed E-state index contributed by atoms with van der Waals surface area (Å²) in [5.74, 6) is -0.00303. The zero-order valence-corrected chi connectivity index (χ0v) is 16.0. The van der Waals surface area contributed by atoms with Crippen molar-refractivity contribution in [2.45, 2.75) is 6.92 Å². The number of aryl methyl sites for hydroxylation is 1. The van der Waals surface area contributed by atoms with Crippen molar-refractivity contribution in [3.63, 3.8) is 0 Å². The Labute approximate surface area is 170 Å². The molecule has 29 heavy (non-hydrogen) atoms. The summed E-state index contributed by atoms with van der Waals surface area (Å²) < 4.78 is 20.0. The van der Waals surface area contributed by atoms with Gasteiger partial charge in [-0.1, -0.05) is 17.7 Å². The van der Waals surface area contributed by atoms with E-state index >= 15 is 0 Å². The molecule has 0 saturated heterocycles. The van der Waals surface area contributed by atoms with E-state index in [-0.39, 0.29) is 16.6 Å². The van der Waals surface area contributed by atoms with Gasteiger partial charge in [0.05, 0.1) is 28.2 Å². The first-order valence-electron chi connectivity index (χ1n) is 8.76. The Morgan fingerprint density at radius 2 is 1.83 bits per heavy atom. The summed E-state index contributed by atoms with van der Waals surface area (Å²) >= 11 is 5.88. The topological polar surface area (TPSA) is 65.9 Å². The Hall–Kier alpha value is -3.62.